The van der Waals surface area contributed by atoms with Gasteiger partial charge < -0.3 is 14.6 Å². The molecule has 0 bridgehead atoms. The molecule has 1 saturated heterocycles. The first-order chi connectivity index (χ1) is 18.0. The number of nitrogens with zero attached hydrogens (tertiary/aromatic N) is 1. The fourth-order valence-electron chi connectivity index (χ4n) is 5.42. The number of nitrogens with one attached hydrogen (secondary N) is 1. The van der Waals surface area contributed by atoms with Gasteiger partial charge in [-0.1, -0.05) is 60.7 Å². The third-order valence-corrected chi connectivity index (χ3v) is 7.05. The molecule has 7 heteroatoms. The molecule has 0 aromatic heterocycles. The fourth-order valence-corrected chi connectivity index (χ4v) is 5.42. The molecule has 1 saturated carbocycles. The number of ether oxygens (including phenoxy) is 2. The van der Waals surface area contributed by atoms with Crippen LogP contribution in [0.5, 0.6) is 5.75 Å². The van der Waals surface area contributed by atoms with Gasteiger partial charge in [0.05, 0.1) is 18.0 Å². The van der Waals surface area contributed by atoms with E-state index in [-0.39, 0.29) is 6.10 Å². The van der Waals surface area contributed by atoms with Gasteiger partial charge in [-0.2, -0.15) is 0 Å². The van der Waals surface area contributed by atoms with Gasteiger partial charge in [0.2, 0.25) is 0 Å². The Labute approximate surface area is 216 Å². The minimum atomic E-state index is -1.04. The maximum atomic E-state index is 12.7. The van der Waals surface area contributed by atoms with Gasteiger partial charge in [-0.25, -0.2) is 9.59 Å². The molecule has 190 valence electrons. The standard InChI is InChI=1S/C30H30N2O5/c33-29(34)14-15-36-25-12-10-21(11-13-25)18-32-19-23-16-26(17-24(23)20-32)37-30(35)31-28-9-5-4-8-27(28)22-6-2-1-3-7-22/h1-15,23-24,26H,16-20H2,(H,31,35)(H,33,34)/t23-,24+,26?. The van der Waals surface area contributed by atoms with Crippen molar-refractivity contribution in [2.45, 2.75) is 25.5 Å². The number of carboxylic acid groups (broad SMARTS) is 1. The monoisotopic (exact) mass is 498 g/mol. The van der Waals surface area contributed by atoms with E-state index >= 15 is 0 Å². The second-order valence-electron chi connectivity index (χ2n) is 9.65. The molecule has 1 unspecified atom stereocenters. The van der Waals surface area contributed by atoms with Crippen LogP contribution < -0.4 is 10.1 Å². The molecular weight excluding hydrogens is 468 g/mol. The molecule has 1 aliphatic heterocycles. The number of para-hydroxylation sites is 1. The summed E-state index contributed by atoms with van der Waals surface area (Å²) in [6, 6.07) is 25.5. The number of likely N-dealkylation sites (tertiary alicyclic amines) is 1. The van der Waals surface area contributed by atoms with Crippen molar-refractivity contribution >= 4 is 17.7 Å². The quantitative estimate of drug-likeness (QED) is 0.302. The summed E-state index contributed by atoms with van der Waals surface area (Å²) in [5.74, 6) is 0.610. The average Bonchev–Trinajstić information content (AvgIpc) is 3.43. The summed E-state index contributed by atoms with van der Waals surface area (Å²) in [5.41, 5.74) is 3.94. The van der Waals surface area contributed by atoms with Crippen LogP contribution in [0.25, 0.3) is 11.1 Å². The Morgan fingerprint density at radius 3 is 2.30 bits per heavy atom. The number of benzene rings is 3. The zero-order valence-corrected chi connectivity index (χ0v) is 20.5. The third kappa shape index (κ3) is 6.37. The molecule has 37 heavy (non-hydrogen) atoms. The highest BCUT2D eigenvalue weighted by molar-refractivity contribution is 5.91. The molecule has 3 aromatic carbocycles. The van der Waals surface area contributed by atoms with Crippen molar-refractivity contribution in [1.82, 2.24) is 4.90 Å². The third-order valence-electron chi connectivity index (χ3n) is 7.05. The van der Waals surface area contributed by atoms with Gasteiger partial charge in [0, 0.05) is 25.2 Å². The van der Waals surface area contributed by atoms with Crippen molar-refractivity contribution in [2.24, 2.45) is 11.8 Å². The summed E-state index contributed by atoms with van der Waals surface area (Å²) in [4.78, 5) is 25.7. The van der Waals surface area contributed by atoms with Crippen LogP contribution >= 0.6 is 0 Å². The Bertz CT molecular complexity index is 1240. The molecule has 2 fully saturated rings. The first-order valence-corrected chi connectivity index (χ1v) is 12.5. The van der Waals surface area contributed by atoms with Crippen molar-refractivity contribution in [3.8, 4) is 16.9 Å². The van der Waals surface area contributed by atoms with Crippen LogP contribution in [0.2, 0.25) is 0 Å². The Kier molecular flexibility index (Phi) is 7.51. The second kappa shape index (κ2) is 11.3. The number of anilines is 1. The number of hydrogen-bond donors (Lipinski definition) is 2. The molecule has 1 heterocycles. The van der Waals surface area contributed by atoms with Gasteiger partial charge in [0.25, 0.3) is 0 Å². The van der Waals surface area contributed by atoms with E-state index < -0.39 is 12.1 Å². The van der Waals surface area contributed by atoms with Gasteiger partial charge in [-0.15, -0.1) is 0 Å². The molecule has 3 atom stereocenters. The van der Waals surface area contributed by atoms with E-state index in [0.717, 1.165) is 55.4 Å². The van der Waals surface area contributed by atoms with Gasteiger partial charge in [0.1, 0.15) is 11.9 Å². The number of amides is 1. The topological polar surface area (TPSA) is 88.1 Å². The van der Waals surface area contributed by atoms with Crippen LogP contribution in [0.4, 0.5) is 10.5 Å². The summed E-state index contributed by atoms with van der Waals surface area (Å²) in [5, 5.41) is 11.6. The van der Waals surface area contributed by atoms with Crippen molar-refractivity contribution < 1.29 is 24.2 Å². The van der Waals surface area contributed by atoms with Gasteiger partial charge >= 0.3 is 12.1 Å². The van der Waals surface area contributed by atoms with Crippen LogP contribution in [0.1, 0.15) is 18.4 Å². The summed E-state index contributed by atoms with van der Waals surface area (Å²) < 4.78 is 11.1. The number of carbonyl (C=O) groups excluding carboxylic acids is 1. The minimum absolute atomic E-state index is 0.0590. The highest BCUT2D eigenvalue weighted by atomic mass is 16.6. The number of fused-ring (bicyclic) bond motifs is 1. The maximum absolute atomic E-state index is 12.7. The normalized spacial score (nSPS) is 21.0. The predicted molar refractivity (Wildman–Crippen MR) is 141 cm³/mol. The lowest BCUT2D eigenvalue weighted by atomic mass is 10.0. The largest absolute Gasteiger partial charge is 0.478 e. The predicted octanol–water partition coefficient (Wildman–Crippen LogP) is 5.79. The number of carboxylic acids is 1. The molecule has 1 aliphatic carbocycles. The lowest BCUT2D eigenvalue weighted by molar-refractivity contribution is -0.131. The molecule has 3 aromatic rings. The Morgan fingerprint density at radius 2 is 1.59 bits per heavy atom. The highest BCUT2D eigenvalue weighted by Crippen LogP contribution is 2.40. The van der Waals surface area contributed by atoms with Gasteiger partial charge in [-0.3, -0.25) is 10.2 Å². The van der Waals surface area contributed by atoms with E-state index in [9.17, 15) is 9.59 Å². The minimum Gasteiger partial charge on any atom is -0.478 e. The average molecular weight is 499 g/mol. The first kappa shape index (κ1) is 24.6. The smallest absolute Gasteiger partial charge is 0.411 e. The van der Waals surface area contributed by atoms with E-state index in [2.05, 4.69) is 10.2 Å². The van der Waals surface area contributed by atoms with Crippen LogP contribution in [0.3, 0.4) is 0 Å². The summed E-state index contributed by atoms with van der Waals surface area (Å²) in [6.45, 7) is 2.83. The van der Waals surface area contributed by atoms with Crippen molar-refractivity contribution in [2.75, 3.05) is 18.4 Å². The first-order valence-electron chi connectivity index (χ1n) is 12.5. The maximum Gasteiger partial charge on any atom is 0.411 e. The van der Waals surface area contributed by atoms with Crippen LogP contribution in [-0.4, -0.2) is 41.3 Å². The summed E-state index contributed by atoms with van der Waals surface area (Å²) >= 11 is 0. The molecule has 0 spiro atoms. The molecule has 1 amide bonds. The molecular formula is C30H30N2O5. The lowest BCUT2D eigenvalue weighted by Crippen LogP contribution is -2.25. The van der Waals surface area contributed by atoms with E-state index in [0.29, 0.717) is 17.6 Å². The number of rotatable bonds is 8. The van der Waals surface area contributed by atoms with Gasteiger partial charge in [-0.05, 0) is 54.0 Å². The van der Waals surface area contributed by atoms with E-state index in [1.165, 1.54) is 11.8 Å². The highest BCUT2D eigenvalue weighted by Gasteiger charge is 2.42. The zero-order chi connectivity index (χ0) is 25.6. The van der Waals surface area contributed by atoms with Crippen molar-refractivity contribution in [1.29, 1.82) is 0 Å². The van der Waals surface area contributed by atoms with Crippen molar-refractivity contribution in [3.63, 3.8) is 0 Å². The molecule has 2 N–H and O–H groups in total. The number of hydrogen-bond acceptors (Lipinski definition) is 5. The number of aliphatic carboxylic acids is 1. The number of carbonyl (C=O) groups is 2. The SMILES string of the molecule is O=C(O)C=COc1ccc(CN2C[C@H]3CC(OC(=O)Nc4ccccc4-c4ccccc4)C[C@H]3C2)cc1. The Morgan fingerprint density at radius 1 is 0.919 bits per heavy atom. The van der Waals surface area contributed by atoms with E-state index in [1.807, 2.05) is 78.9 Å². The molecule has 5 rings (SSSR count). The Hall–Kier alpha value is -4.10. The zero-order valence-electron chi connectivity index (χ0n) is 20.5. The Balaban J connectivity index is 1.09. The molecule has 2 aliphatic rings. The fraction of sp³-hybridized carbons (Fsp3) is 0.267. The van der Waals surface area contributed by atoms with Crippen LogP contribution in [-0.2, 0) is 16.1 Å². The van der Waals surface area contributed by atoms with E-state index in [1.54, 1.807) is 0 Å². The van der Waals surface area contributed by atoms with Gasteiger partial charge in [0.15, 0.2) is 0 Å². The van der Waals surface area contributed by atoms with Crippen LogP contribution in [0.15, 0.2) is 91.2 Å². The second-order valence-corrected chi connectivity index (χ2v) is 9.65. The molecule has 7 nitrogen and oxygen atoms in total. The summed E-state index contributed by atoms with van der Waals surface area (Å²) in [6.07, 6.45) is 3.44. The van der Waals surface area contributed by atoms with Crippen molar-refractivity contribution in [3.05, 3.63) is 96.8 Å². The lowest BCUT2D eigenvalue weighted by Gasteiger charge is -2.20. The van der Waals surface area contributed by atoms with E-state index in [4.69, 9.17) is 14.6 Å². The van der Waals surface area contributed by atoms with Crippen LogP contribution in [0, 0.1) is 11.8 Å². The summed E-state index contributed by atoms with van der Waals surface area (Å²) in [7, 11) is 0. The molecule has 0 radical (unpaired) electrons.